The van der Waals surface area contributed by atoms with Crippen LogP contribution in [-0.2, 0) is 17.2 Å². The van der Waals surface area contributed by atoms with Crippen LogP contribution in [-0.4, -0.2) is 65.7 Å². The molecule has 35 heavy (non-hydrogen) atoms. The number of nitrogens with zero attached hydrogens (tertiary/aromatic N) is 5. The largest absolute Gasteiger partial charge is 0.446 e. The molecule has 13 heteroatoms. The molecule has 0 radical (unpaired) electrons. The van der Waals surface area contributed by atoms with Crippen LogP contribution in [0.1, 0.15) is 56.0 Å². The number of hydrogen-bond donors (Lipinski definition) is 2. The molecule has 190 valence electrons. The van der Waals surface area contributed by atoms with Crippen LogP contribution in [0, 0.1) is 0 Å². The van der Waals surface area contributed by atoms with E-state index in [9.17, 15) is 22.5 Å². The van der Waals surface area contributed by atoms with Crippen molar-refractivity contribution in [2.45, 2.75) is 71.7 Å². The molecule has 4 heterocycles. The number of aromatic nitrogens is 4. The second-order valence-corrected chi connectivity index (χ2v) is 12.0. The minimum absolute atomic E-state index is 0.000589. The van der Waals surface area contributed by atoms with Crippen molar-refractivity contribution < 1.29 is 22.5 Å². The highest BCUT2D eigenvalue weighted by atomic mass is 32.2. The highest BCUT2D eigenvalue weighted by Crippen LogP contribution is 2.39. The van der Waals surface area contributed by atoms with Crippen LogP contribution < -0.4 is 10.2 Å². The van der Waals surface area contributed by atoms with E-state index in [1.54, 1.807) is 0 Å². The first-order valence-corrected chi connectivity index (χ1v) is 13.9. The number of fused-ring (bicyclic) bond motifs is 1. The lowest BCUT2D eigenvalue weighted by Crippen LogP contribution is -2.49. The van der Waals surface area contributed by atoms with Crippen LogP contribution in [0.2, 0.25) is 0 Å². The molecule has 8 nitrogen and oxygen atoms in total. The van der Waals surface area contributed by atoms with Crippen molar-refractivity contribution in [2.24, 2.45) is 0 Å². The number of alkyl halides is 3. The van der Waals surface area contributed by atoms with Crippen molar-refractivity contribution in [3.8, 4) is 0 Å². The summed E-state index contributed by atoms with van der Waals surface area (Å²) in [5.74, 6) is 2.33. The Balaban J connectivity index is 1.31. The first-order valence-electron chi connectivity index (χ1n) is 11.8. The van der Waals surface area contributed by atoms with Gasteiger partial charge in [-0.05, 0) is 56.7 Å². The minimum atomic E-state index is -4.36. The summed E-state index contributed by atoms with van der Waals surface area (Å²) in [4.78, 5) is 20.6. The average molecular weight is 529 g/mol. The van der Waals surface area contributed by atoms with Crippen molar-refractivity contribution in [3.63, 3.8) is 0 Å². The quantitative estimate of drug-likeness (QED) is 0.544. The number of thioether (sulfide) groups is 1. The fourth-order valence-corrected chi connectivity index (χ4v) is 6.64. The molecule has 0 aromatic carbocycles. The van der Waals surface area contributed by atoms with Crippen molar-refractivity contribution in [1.82, 2.24) is 19.9 Å². The Kier molecular flexibility index (Phi) is 6.92. The van der Waals surface area contributed by atoms with Gasteiger partial charge in [-0.15, -0.1) is 0 Å². The maximum atomic E-state index is 12.8. The predicted molar refractivity (Wildman–Crippen MR) is 127 cm³/mol. The Labute approximate surface area is 208 Å². The van der Waals surface area contributed by atoms with Crippen LogP contribution in [0.5, 0.6) is 0 Å². The highest BCUT2D eigenvalue weighted by molar-refractivity contribution is 8.00. The summed E-state index contributed by atoms with van der Waals surface area (Å²) in [6.45, 7) is 1.30. The number of aliphatic hydroxyl groups is 1. The summed E-state index contributed by atoms with van der Waals surface area (Å²) in [7, 11) is -1.17. The predicted octanol–water partition coefficient (Wildman–Crippen LogP) is 3.64. The molecular formula is C22H27F3N6O2S2. The number of hydrogen-bond acceptors (Lipinski definition) is 9. The van der Waals surface area contributed by atoms with Crippen LogP contribution in [0.15, 0.2) is 22.2 Å². The topological polar surface area (TPSA) is 104 Å². The van der Waals surface area contributed by atoms with Gasteiger partial charge in [0.25, 0.3) is 0 Å². The van der Waals surface area contributed by atoms with Crippen LogP contribution in [0.4, 0.5) is 24.9 Å². The normalized spacial score (nSPS) is 22.4. The average Bonchev–Trinajstić information content (AvgIpc) is 2.81. The van der Waals surface area contributed by atoms with Crippen molar-refractivity contribution >= 4 is 34.3 Å². The van der Waals surface area contributed by atoms with Gasteiger partial charge in [0.1, 0.15) is 16.5 Å². The third-order valence-electron chi connectivity index (χ3n) is 6.92. The number of nitrogens with one attached hydrogen (secondary N) is 1. The monoisotopic (exact) mass is 528 g/mol. The maximum Gasteiger partial charge on any atom is 0.446 e. The molecule has 3 aliphatic rings. The molecule has 2 fully saturated rings. The number of halogens is 3. The molecule has 1 aliphatic carbocycles. The molecular weight excluding hydrogens is 501 g/mol. The van der Waals surface area contributed by atoms with Crippen molar-refractivity contribution in [2.75, 3.05) is 35.7 Å². The van der Waals surface area contributed by atoms with Gasteiger partial charge in [-0.2, -0.15) is 18.2 Å². The Morgan fingerprint density at radius 1 is 1.17 bits per heavy atom. The summed E-state index contributed by atoms with van der Waals surface area (Å²) in [6.07, 6.45) is 8.17. The van der Waals surface area contributed by atoms with Crippen LogP contribution in [0.25, 0.3) is 0 Å². The summed E-state index contributed by atoms with van der Waals surface area (Å²) in [6, 6.07) is 0. The van der Waals surface area contributed by atoms with Gasteiger partial charge < -0.3 is 15.3 Å². The lowest BCUT2D eigenvalue weighted by Gasteiger charge is -2.42. The minimum Gasteiger partial charge on any atom is -0.394 e. The Hall–Kier alpha value is -1.99. The van der Waals surface area contributed by atoms with E-state index in [2.05, 4.69) is 20.2 Å². The number of aryl methyl sites for hydroxylation is 1. The lowest BCUT2D eigenvalue weighted by molar-refractivity contribution is -0.0328. The third-order valence-corrected chi connectivity index (χ3v) is 9.14. The molecule has 2 aromatic rings. The molecule has 2 aliphatic heterocycles. The molecule has 1 atom stereocenters. The lowest BCUT2D eigenvalue weighted by atomic mass is 9.77. The molecule has 1 saturated carbocycles. The van der Waals surface area contributed by atoms with Gasteiger partial charge in [0.05, 0.1) is 33.5 Å². The Bertz CT molecular complexity index is 1080. The van der Waals surface area contributed by atoms with E-state index in [0.29, 0.717) is 41.3 Å². The molecule has 0 spiro atoms. The van der Waals surface area contributed by atoms with Gasteiger partial charge in [0.15, 0.2) is 0 Å². The first kappa shape index (κ1) is 24.7. The summed E-state index contributed by atoms with van der Waals surface area (Å²) >= 11 is -0.216. The molecule has 5 rings (SSSR count). The van der Waals surface area contributed by atoms with Crippen LogP contribution in [0.3, 0.4) is 0 Å². The second-order valence-electron chi connectivity index (χ2n) is 9.30. The highest BCUT2D eigenvalue weighted by Gasteiger charge is 2.39. The van der Waals surface area contributed by atoms with E-state index in [-0.39, 0.29) is 29.2 Å². The summed E-state index contributed by atoms with van der Waals surface area (Å²) < 4.78 is 50.5. The fraction of sp³-hybridized carbons (Fsp3) is 0.636. The molecule has 2 aromatic heterocycles. The van der Waals surface area contributed by atoms with Gasteiger partial charge in [-0.1, -0.05) is 0 Å². The number of aliphatic hydroxyl groups excluding tert-OH is 1. The first-order chi connectivity index (χ1) is 16.8. The smallest absolute Gasteiger partial charge is 0.394 e. The Morgan fingerprint density at radius 3 is 2.49 bits per heavy atom. The molecule has 0 bridgehead atoms. The van der Waals surface area contributed by atoms with Gasteiger partial charge in [0, 0.05) is 37.2 Å². The molecule has 1 unspecified atom stereocenters. The maximum absolute atomic E-state index is 12.8. The van der Waals surface area contributed by atoms with E-state index < -0.39 is 21.8 Å². The zero-order chi connectivity index (χ0) is 24.6. The van der Waals surface area contributed by atoms with Gasteiger partial charge >= 0.3 is 5.51 Å². The number of anilines is 2. The van der Waals surface area contributed by atoms with E-state index >= 15 is 0 Å². The third kappa shape index (κ3) is 5.41. The zero-order valence-electron chi connectivity index (χ0n) is 19.1. The van der Waals surface area contributed by atoms with Gasteiger partial charge in [-0.3, -0.25) is 4.21 Å². The van der Waals surface area contributed by atoms with Crippen molar-refractivity contribution in [1.29, 1.82) is 0 Å². The summed E-state index contributed by atoms with van der Waals surface area (Å²) in [5, 5.41) is 13.3. The molecule has 0 amide bonds. The number of rotatable bonds is 6. The van der Waals surface area contributed by atoms with Gasteiger partial charge in [-0.25, -0.2) is 15.0 Å². The second kappa shape index (κ2) is 9.81. The number of piperidine rings is 1. The zero-order valence-corrected chi connectivity index (χ0v) is 20.7. The van der Waals surface area contributed by atoms with E-state index in [1.165, 1.54) is 12.4 Å². The Morgan fingerprint density at radius 2 is 1.89 bits per heavy atom. The van der Waals surface area contributed by atoms with E-state index in [4.69, 9.17) is 9.97 Å². The van der Waals surface area contributed by atoms with E-state index in [0.717, 1.165) is 50.6 Å². The fourth-order valence-electron chi connectivity index (χ4n) is 4.83. The summed E-state index contributed by atoms with van der Waals surface area (Å²) in [5.41, 5.74) is -3.97. The van der Waals surface area contributed by atoms with E-state index in [1.807, 2.05) is 0 Å². The molecule has 1 saturated heterocycles. The van der Waals surface area contributed by atoms with Gasteiger partial charge in [0.2, 0.25) is 5.95 Å². The van der Waals surface area contributed by atoms with Crippen LogP contribution >= 0.6 is 11.8 Å². The molecule has 2 N–H and O–H groups in total. The SMILES string of the molecule is O=S1CCCc2nc(N3CCC(c4ncc(SC(F)(F)F)cn4)CC3)nc(NC3(CO)CCC3)c21. The van der Waals surface area contributed by atoms with Crippen molar-refractivity contribution in [3.05, 3.63) is 23.9 Å². The standard InChI is InChI=1S/C22H27F3N6O2S2/c23-22(24,25)34-15-11-26-18(27-12-15)14-4-8-31(9-5-14)20-28-16-3-1-10-35(33)17(16)19(29-20)30-21(13-32)6-2-7-21/h11-12,14,32H,1-10,13H2,(H,28,29,30).